The van der Waals surface area contributed by atoms with Crippen LogP contribution in [0.25, 0.3) is 0 Å². The van der Waals surface area contributed by atoms with Crippen LogP contribution in [0.15, 0.2) is 47.1 Å². The number of amides is 1. The Morgan fingerprint density at radius 2 is 2.00 bits per heavy atom. The van der Waals surface area contributed by atoms with Crippen molar-refractivity contribution in [2.45, 2.75) is 6.54 Å². The fourth-order valence-corrected chi connectivity index (χ4v) is 1.73. The molecule has 5 heteroatoms. The highest BCUT2D eigenvalue weighted by Crippen LogP contribution is 2.10. The van der Waals surface area contributed by atoms with Gasteiger partial charge in [0.05, 0.1) is 19.9 Å². The van der Waals surface area contributed by atoms with Gasteiger partial charge in [0.15, 0.2) is 0 Å². The number of hydrogen-bond acceptors (Lipinski definition) is 4. The molecule has 0 radical (unpaired) electrons. The number of nitrogens with one attached hydrogen (secondary N) is 2. The van der Waals surface area contributed by atoms with Gasteiger partial charge in [-0.15, -0.1) is 0 Å². The molecule has 2 aromatic rings. The monoisotopic (exact) mass is 274 g/mol. The van der Waals surface area contributed by atoms with Gasteiger partial charge < -0.3 is 19.8 Å². The van der Waals surface area contributed by atoms with Gasteiger partial charge in [0, 0.05) is 18.7 Å². The topological polar surface area (TPSA) is 63.5 Å². The number of ether oxygens (including phenoxy) is 1. The molecule has 0 atom stereocenters. The fraction of sp³-hybridized carbons (Fsp3) is 0.267. The van der Waals surface area contributed by atoms with Crippen molar-refractivity contribution in [3.63, 3.8) is 0 Å². The summed E-state index contributed by atoms with van der Waals surface area (Å²) in [5.74, 6) is 1.53. The Hall–Kier alpha value is -2.27. The van der Waals surface area contributed by atoms with Gasteiger partial charge in [0.25, 0.3) is 5.91 Å². The van der Waals surface area contributed by atoms with Gasteiger partial charge in [-0.1, -0.05) is 0 Å². The van der Waals surface area contributed by atoms with E-state index < -0.39 is 0 Å². The molecule has 0 saturated heterocycles. The van der Waals surface area contributed by atoms with Crippen molar-refractivity contribution in [2.24, 2.45) is 0 Å². The molecule has 5 nitrogen and oxygen atoms in total. The fourth-order valence-electron chi connectivity index (χ4n) is 1.73. The van der Waals surface area contributed by atoms with Crippen molar-refractivity contribution in [3.8, 4) is 5.75 Å². The first-order valence-corrected chi connectivity index (χ1v) is 6.45. The number of hydrogen-bond donors (Lipinski definition) is 2. The van der Waals surface area contributed by atoms with Crippen molar-refractivity contribution in [2.75, 3.05) is 20.2 Å². The average molecular weight is 274 g/mol. The standard InChI is InChI=1S/C15H18N2O3/c1-19-13-6-4-12(5-7-13)15(18)17-9-8-16-11-14-3-2-10-20-14/h2-7,10,16H,8-9,11H2,1H3,(H,17,18). The maximum Gasteiger partial charge on any atom is 0.251 e. The lowest BCUT2D eigenvalue weighted by atomic mass is 10.2. The zero-order valence-corrected chi connectivity index (χ0v) is 11.4. The van der Waals surface area contributed by atoms with Gasteiger partial charge >= 0.3 is 0 Å². The molecular weight excluding hydrogens is 256 g/mol. The predicted octanol–water partition coefficient (Wildman–Crippen LogP) is 1.81. The van der Waals surface area contributed by atoms with Crippen LogP contribution >= 0.6 is 0 Å². The Morgan fingerprint density at radius 1 is 1.20 bits per heavy atom. The second-order valence-corrected chi connectivity index (χ2v) is 4.24. The van der Waals surface area contributed by atoms with Gasteiger partial charge in [0.1, 0.15) is 11.5 Å². The van der Waals surface area contributed by atoms with Crippen LogP contribution in [0.1, 0.15) is 16.1 Å². The molecule has 20 heavy (non-hydrogen) atoms. The first-order valence-electron chi connectivity index (χ1n) is 6.45. The molecule has 2 N–H and O–H groups in total. The molecule has 0 aliphatic rings. The SMILES string of the molecule is COc1ccc(C(=O)NCCNCc2ccco2)cc1. The molecule has 2 rings (SSSR count). The molecular formula is C15H18N2O3. The normalized spacial score (nSPS) is 10.2. The van der Waals surface area contributed by atoms with E-state index >= 15 is 0 Å². The molecule has 0 aliphatic heterocycles. The summed E-state index contributed by atoms with van der Waals surface area (Å²) in [6.45, 7) is 1.90. The smallest absolute Gasteiger partial charge is 0.251 e. The minimum absolute atomic E-state index is 0.0903. The van der Waals surface area contributed by atoms with Gasteiger partial charge in [-0.3, -0.25) is 4.79 Å². The van der Waals surface area contributed by atoms with E-state index in [4.69, 9.17) is 9.15 Å². The number of carbonyl (C=O) groups is 1. The van der Waals surface area contributed by atoms with E-state index in [0.717, 1.165) is 11.5 Å². The maximum atomic E-state index is 11.8. The lowest BCUT2D eigenvalue weighted by Crippen LogP contribution is -2.31. The second kappa shape index (κ2) is 7.35. The van der Waals surface area contributed by atoms with Crippen molar-refractivity contribution in [1.82, 2.24) is 10.6 Å². The van der Waals surface area contributed by atoms with Gasteiger partial charge in [-0.25, -0.2) is 0 Å². The van der Waals surface area contributed by atoms with Crippen LogP contribution < -0.4 is 15.4 Å². The van der Waals surface area contributed by atoms with Crippen molar-refractivity contribution in [1.29, 1.82) is 0 Å². The van der Waals surface area contributed by atoms with Crippen LogP contribution in [0.2, 0.25) is 0 Å². The molecule has 106 valence electrons. The predicted molar refractivity (Wildman–Crippen MR) is 75.7 cm³/mol. The van der Waals surface area contributed by atoms with Crippen LogP contribution in [0, 0.1) is 0 Å². The quantitative estimate of drug-likeness (QED) is 0.756. The number of methoxy groups -OCH3 is 1. The highest BCUT2D eigenvalue weighted by Gasteiger charge is 2.04. The van der Waals surface area contributed by atoms with Gasteiger partial charge in [-0.05, 0) is 36.4 Å². The van der Waals surface area contributed by atoms with Crippen LogP contribution in [-0.4, -0.2) is 26.1 Å². The number of carbonyl (C=O) groups excluding carboxylic acids is 1. The van der Waals surface area contributed by atoms with Crippen LogP contribution in [0.3, 0.4) is 0 Å². The minimum atomic E-state index is -0.0903. The number of rotatable bonds is 7. The third-order valence-corrected chi connectivity index (χ3v) is 2.82. The molecule has 1 heterocycles. The molecule has 0 spiro atoms. The lowest BCUT2D eigenvalue weighted by molar-refractivity contribution is 0.0954. The van der Waals surface area contributed by atoms with Crippen LogP contribution in [0.4, 0.5) is 0 Å². The second-order valence-electron chi connectivity index (χ2n) is 4.24. The summed E-state index contributed by atoms with van der Waals surface area (Å²) in [6.07, 6.45) is 1.64. The van der Waals surface area contributed by atoms with Crippen LogP contribution in [-0.2, 0) is 6.54 Å². The van der Waals surface area contributed by atoms with Gasteiger partial charge in [0.2, 0.25) is 0 Å². The molecule has 0 fully saturated rings. The zero-order valence-electron chi connectivity index (χ0n) is 11.4. The molecule has 0 saturated carbocycles. The van der Waals surface area contributed by atoms with E-state index in [9.17, 15) is 4.79 Å². The third kappa shape index (κ3) is 4.13. The van der Waals surface area contributed by atoms with Crippen molar-refractivity contribution >= 4 is 5.91 Å². The largest absolute Gasteiger partial charge is 0.497 e. The molecule has 0 aliphatic carbocycles. The highest BCUT2D eigenvalue weighted by atomic mass is 16.5. The van der Waals surface area contributed by atoms with E-state index in [1.54, 1.807) is 37.6 Å². The minimum Gasteiger partial charge on any atom is -0.497 e. The Balaban J connectivity index is 1.66. The average Bonchev–Trinajstić information content (AvgIpc) is 3.00. The zero-order chi connectivity index (χ0) is 14.2. The Kier molecular flexibility index (Phi) is 5.20. The molecule has 0 unspecified atom stereocenters. The third-order valence-electron chi connectivity index (χ3n) is 2.82. The summed E-state index contributed by atoms with van der Waals surface area (Å²) in [4.78, 5) is 11.8. The first kappa shape index (κ1) is 14.1. The Labute approximate surface area is 117 Å². The van der Waals surface area contributed by atoms with Crippen molar-refractivity contribution in [3.05, 3.63) is 54.0 Å². The molecule has 1 amide bonds. The van der Waals surface area contributed by atoms with E-state index in [2.05, 4.69) is 10.6 Å². The van der Waals surface area contributed by atoms with E-state index in [1.807, 2.05) is 12.1 Å². The van der Waals surface area contributed by atoms with E-state index in [0.29, 0.717) is 25.2 Å². The maximum absolute atomic E-state index is 11.8. The number of furan rings is 1. The van der Waals surface area contributed by atoms with Gasteiger partial charge in [-0.2, -0.15) is 0 Å². The summed E-state index contributed by atoms with van der Waals surface area (Å²) in [6, 6.07) is 10.8. The molecule has 0 bridgehead atoms. The number of benzene rings is 1. The van der Waals surface area contributed by atoms with Crippen molar-refractivity contribution < 1.29 is 13.9 Å². The Morgan fingerprint density at radius 3 is 2.65 bits per heavy atom. The van der Waals surface area contributed by atoms with E-state index in [1.165, 1.54) is 0 Å². The summed E-state index contributed by atoms with van der Waals surface area (Å²) < 4.78 is 10.2. The van der Waals surface area contributed by atoms with Crippen LogP contribution in [0.5, 0.6) is 5.75 Å². The van der Waals surface area contributed by atoms with E-state index in [-0.39, 0.29) is 5.91 Å². The first-order chi connectivity index (χ1) is 9.79. The Bertz CT molecular complexity index is 521. The summed E-state index contributed by atoms with van der Waals surface area (Å²) in [5.41, 5.74) is 0.622. The summed E-state index contributed by atoms with van der Waals surface area (Å²) in [7, 11) is 1.60. The highest BCUT2D eigenvalue weighted by molar-refractivity contribution is 5.94. The molecule has 1 aromatic carbocycles. The summed E-state index contributed by atoms with van der Waals surface area (Å²) >= 11 is 0. The molecule has 1 aromatic heterocycles. The lowest BCUT2D eigenvalue weighted by Gasteiger charge is -2.06. The summed E-state index contributed by atoms with van der Waals surface area (Å²) in [5, 5.41) is 6.03.